The lowest BCUT2D eigenvalue weighted by Crippen LogP contribution is -2.14. The van der Waals surface area contributed by atoms with Crippen LogP contribution in [0.2, 0.25) is 15.1 Å². The van der Waals surface area contributed by atoms with Gasteiger partial charge in [-0.1, -0.05) is 71.2 Å². The standard InChI is InChI=1S/C21H18Cl3N3O2S2/c22-16-11-18(24)21(12-17(16)23)31(28,29)27-19-3-1-2-4-20(19)30-10-9-14-5-7-15(8-6-14)13-26-25/h1-8,11-13,27H,9-10,25H2/b26-13-. The van der Waals surface area contributed by atoms with Crippen molar-refractivity contribution in [2.75, 3.05) is 10.5 Å². The summed E-state index contributed by atoms with van der Waals surface area (Å²) in [5.74, 6) is 5.92. The molecule has 31 heavy (non-hydrogen) atoms. The molecule has 0 aliphatic rings. The Hall–Kier alpha value is -1.90. The second-order valence-electron chi connectivity index (χ2n) is 6.42. The van der Waals surface area contributed by atoms with Crippen LogP contribution in [-0.2, 0) is 16.4 Å². The molecule has 0 radical (unpaired) electrons. The van der Waals surface area contributed by atoms with Crippen molar-refractivity contribution in [3.05, 3.63) is 86.9 Å². The highest BCUT2D eigenvalue weighted by Gasteiger charge is 2.21. The van der Waals surface area contributed by atoms with Gasteiger partial charge in [0.15, 0.2) is 0 Å². The minimum Gasteiger partial charge on any atom is -0.323 e. The van der Waals surface area contributed by atoms with E-state index in [1.54, 1.807) is 30.1 Å². The van der Waals surface area contributed by atoms with Crippen LogP contribution in [0.4, 0.5) is 5.69 Å². The second-order valence-corrected chi connectivity index (χ2v) is 10.4. The highest BCUT2D eigenvalue weighted by Crippen LogP contribution is 2.34. The molecule has 3 N–H and O–H groups in total. The number of thioether (sulfide) groups is 1. The summed E-state index contributed by atoms with van der Waals surface area (Å²) >= 11 is 19.5. The second kappa shape index (κ2) is 10.6. The van der Waals surface area contributed by atoms with Gasteiger partial charge in [0.25, 0.3) is 10.0 Å². The van der Waals surface area contributed by atoms with E-state index in [4.69, 9.17) is 40.6 Å². The van der Waals surface area contributed by atoms with E-state index in [0.29, 0.717) is 5.69 Å². The molecule has 3 aromatic rings. The van der Waals surface area contributed by atoms with Crippen LogP contribution in [0, 0.1) is 0 Å². The maximum atomic E-state index is 12.9. The minimum absolute atomic E-state index is 0.00448. The van der Waals surface area contributed by atoms with Crippen LogP contribution < -0.4 is 10.6 Å². The average molecular weight is 515 g/mol. The molecule has 0 saturated carbocycles. The summed E-state index contributed by atoms with van der Waals surface area (Å²) in [6.45, 7) is 0. The zero-order chi connectivity index (χ0) is 22.4. The molecule has 0 bridgehead atoms. The van der Waals surface area contributed by atoms with Crippen molar-refractivity contribution in [1.82, 2.24) is 0 Å². The molecule has 162 valence electrons. The molecule has 10 heteroatoms. The Kier molecular flexibility index (Phi) is 8.13. The quantitative estimate of drug-likeness (QED) is 0.125. The molecule has 0 heterocycles. The van der Waals surface area contributed by atoms with Gasteiger partial charge in [-0.15, -0.1) is 11.8 Å². The molecule has 3 aromatic carbocycles. The van der Waals surface area contributed by atoms with Crippen molar-refractivity contribution in [2.24, 2.45) is 10.9 Å². The van der Waals surface area contributed by atoms with Crippen molar-refractivity contribution in [1.29, 1.82) is 0 Å². The summed E-state index contributed by atoms with van der Waals surface area (Å²) in [5, 5.41) is 3.80. The minimum atomic E-state index is -3.95. The monoisotopic (exact) mass is 513 g/mol. The number of benzene rings is 3. The van der Waals surface area contributed by atoms with Gasteiger partial charge in [0.05, 0.1) is 27.0 Å². The number of rotatable bonds is 8. The van der Waals surface area contributed by atoms with Crippen LogP contribution in [0.1, 0.15) is 11.1 Å². The molecule has 0 aliphatic heterocycles. The highest BCUT2D eigenvalue weighted by molar-refractivity contribution is 7.99. The molecular formula is C21H18Cl3N3O2S2. The first-order valence-corrected chi connectivity index (χ1v) is 12.6. The zero-order valence-electron chi connectivity index (χ0n) is 16.1. The number of hydrazone groups is 1. The number of para-hydroxylation sites is 1. The number of nitrogens with zero attached hydrogens (tertiary/aromatic N) is 1. The third-order valence-electron chi connectivity index (χ3n) is 4.25. The van der Waals surface area contributed by atoms with Gasteiger partial charge in [0.2, 0.25) is 0 Å². The number of nitrogens with two attached hydrogens (primary N) is 1. The first-order valence-electron chi connectivity index (χ1n) is 9.01. The number of sulfonamides is 1. The lowest BCUT2D eigenvalue weighted by molar-refractivity contribution is 0.601. The normalized spacial score (nSPS) is 11.7. The van der Waals surface area contributed by atoms with Gasteiger partial charge in [0, 0.05) is 10.6 Å². The summed E-state index contributed by atoms with van der Waals surface area (Å²) < 4.78 is 28.4. The maximum absolute atomic E-state index is 12.9. The molecule has 3 rings (SSSR count). The first kappa shape index (κ1) is 23.8. The largest absolute Gasteiger partial charge is 0.323 e. The number of anilines is 1. The van der Waals surface area contributed by atoms with E-state index in [2.05, 4.69) is 9.82 Å². The Bertz CT molecular complexity index is 1200. The molecule has 0 aromatic heterocycles. The average Bonchev–Trinajstić information content (AvgIpc) is 2.73. The molecule has 0 unspecified atom stereocenters. The van der Waals surface area contributed by atoms with Crippen LogP contribution >= 0.6 is 46.6 Å². The molecule has 5 nitrogen and oxygen atoms in total. The summed E-state index contributed by atoms with van der Waals surface area (Å²) in [6.07, 6.45) is 2.39. The van der Waals surface area contributed by atoms with Gasteiger partial charge in [-0.05, 0) is 41.8 Å². The zero-order valence-corrected chi connectivity index (χ0v) is 20.0. The van der Waals surface area contributed by atoms with Gasteiger partial charge in [-0.25, -0.2) is 8.42 Å². The summed E-state index contributed by atoms with van der Waals surface area (Å²) in [6, 6.07) is 17.6. The molecule has 0 fully saturated rings. The molecular weight excluding hydrogens is 497 g/mol. The van der Waals surface area contributed by atoms with E-state index in [-0.39, 0.29) is 20.0 Å². The molecule has 0 amide bonds. The van der Waals surface area contributed by atoms with E-state index in [0.717, 1.165) is 28.2 Å². The summed E-state index contributed by atoms with van der Waals surface area (Å²) in [4.78, 5) is 0.665. The van der Waals surface area contributed by atoms with E-state index in [9.17, 15) is 8.42 Å². The summed E-state index contributed by atoms with van der Waals surface area (Å²) in [7, 11) is -3.95. The van der Waals surface area contributed by atoms with Crippen LogP contribution in [0.25, 0.3) is 0 Å². The Morgan fingerprint density at radius 2 is 1.65 bits per heavy atom. The highest BCUT2D eigenvalue weighted by atomic mass is 35.5. The SMILES string of the molecule is N/N=C\c1ccc(CCSc2ccccc2NS(=O)(=O)c2cc(Cl)c(Cl)cc2Cl)cc1. The Morgan fingerprint density at radius 3 is 2.35 bits per heavy atom. The Balaban J connectivity index is 1.72. The Labute approximate surface area is 200 Å². The molecule has 0 spiro atoms. The van der Waals surface area contributed by atoms with Gasteiger partial charge >= 0.3 is 0 Å². The molecule has 0 atom stereocenters. The fraction of sp³-hybridized carbons (Fsp3) is 0.0952. The van der Waals surface area contributed by atoms with Gasteiger partial charge in [-0.3, -0.25) is 4.72 Å². The van der Waals surface area contributed by atoms with E-state index < -0.39 is 10.0 Å². The van der Waals surface area contributed by atoms with Crippen molar-refractivity contribution in [2.45, 2.75) is 16.2 Å². The Morgan fingerprint density at radius 1 is 0.968 bits per heavy atom. The molecule has 0 aliphatic carbocycles. The summed E-state index contributed by atoms with van der Waals surface area (Å²) in [5.41, 5.74) is 2.55. The number of hydrogen-bond donors (Lipinski definition) is 2. The van der Waals surface area contributed by atoms with Crippen LogP contribution in [0.5, 0.6) is 0 Å². The fourth-order valence-corrected chi connectivity index (χ4v) is 5.88. The van der Waals surface area contributed by atoms with Crippen LogP contribution in [0.3, 0.4) is 0 Å². The first-order chi connectivity index (χ1) is 14.8. The maximum Gasteiger partial charge on any atom is 0.263 e. The van der Waals surface area contributed by atoms with Gasteiger partial charge in [0.1, 0.15) is 4.90 Å². The number of aryl methyl sites for hydroxylation is 1. The van der Waals surface area contributed by atoms with E-state index in [1.165, 1.54) is 12.1 Å². The predicted molar refractivity (Wildman–Crippen MR) is 131 cm³/mol. The van der Waals surface area contributed by atoms with Crippen LogP contribution in [-0.4, -0.2) is 20.4 Å². The number of nitrogens with one attached hydrogen (secondary N) is 1. The van der Waals surface area contributed by atoms with E-state index >= 15 is 0 Å². The van der Waals surface area contributed by atoms with Crippen molar-refractivity contribution in [3.63, 3.8) is 0 Å². The smallest absolute Gasteiger partial charge is 0.263 e. The van der Waals surface area contributed by atoms with Gasteiger partial charge < -0.3 is 5.84 Å². The predicted octanol–water partition coefficient (Wildman–Crippen LogP) is 6.08. The van der Waals surface area contributed by atoms with Crippen molar-refractivity contribution < 1.29 is 8.42 Å². The lowest BCUT2D eigenvalue weighted by Gasteiger charge is -2.14. The fourth-order valence-electron chi connectivity index (χ4n) is 2.72. The lowest BCUT2D eigenvalue weighted by atomic mass is 10.1. The number of hydrogen-bond acceptors (Lipinski definition) is 5. The molecule has 0 saturated heterocycles. The third kappa shape index (κ3) is 6.30. The van der Waals surface area contributed by atoms with Crippen molar-refractivity contribution in [3.8, 4) is 0 Å². The van der Waals surface area contributed by atoms with E-state index in [1.807, 2.05) is 36.4 Å². The van der Waals surface area contributed by atoms with Gasteiger partial charge in [-0.2, -0.15) is 5.10 Å². The topological polar surface area (TPSA) is 84.5 Å². The van der Waals surface area contributed by atoms with Crippen LogP contribution in [0.15, 0.2) is 75.6 Å². The number of halogens is 3. The third-order valence-corrected chi connectivity index (χ3v) is 7.87. The van der Waals surface area contributed by atoms with Crippen molar-refractivity contribution >= 4 is 68.5 Å².